The molecule has 6 heteroatoms. The normalized spacial score (nSPS) is 16.4. The van der Waals surface area contributed by atoms with E-state index in [1.807, 2.05) is 0 Å². The Morgan fingerprint density at radius 3 is 2.47 bits per heavy atom. The molecule has 90 valence electrons. The summed E-state index contributed by atoms with van der Waals surface area (Å²) in [4.78, 5) is 11.2. The first-order valence-electron chi connectivity index (χ1n) is 4.90. The van der Waals surface area contributed by atoms with E-state index < -0.39 is 11.7 Å². The van der Waals surface area contributed by atoms with Gasteiger partial charge in [-0.3, -0.25) is 4.79 Å². The summed E-state index contributed by atoms with van der Waals surface area (Å²) in [5.41, 5.74) is -0.634. The maximum absolute atomic E-state index is 12.7. The lowest BCUT2D eigenvalue weighted by atomic mass is 10.0. The second-order valence-electron chi connectivity index (χ2n) is 3.68. The number of benzene rings is 1. The van der Waals surface area contributed by atoms with Crippen LogP contribution in [0.2, 0.25) is 0 Å². The molecule has 0 N–H and O–H groups in total. The number of nitrogens with zero attached hydrogens (tertiary/aromatic N) is 2. The highest BCUT2D eigenvalue weighted by Gasteiger charge is 2.35. The van der Waals surface area contributed by atoms with Gasteiger partial charge in [0.2, 0.25) is 5.91 Å². The highest BCUT2D eigenvalue weighted by Crippen LogP contribution is 2.33. The summed E-state index contributed by atoms with van der Waals surface area (Å²) in [5, 5.41) is 4.87. The number of carbonyl (C=O) groups excluding carboxylic acids is 1. The largest absolute Gasteiger partial charge is 0.417 e. The van der Waals surface area contributed by atoms with E-state index in [2.05, 4.69) is 5.10 Å². The first kappa shape index (κ1) is 11.6. The van der Waals surface area contributed by atoms with Crippen LogP contribution in [0.3, 0.4) is 0 Å². The van der Waals surface area contributed by atoms with Crippen LogP contribution in [-0.2, 0) is 11.0 Å². The fourth-order valence-electron chi connectivity index (χ4n) is 1.66. The van der Waals surface area contributed by atoms with Gasteiger partial charge >= 0.3 is 6.18 Å². The van der Waals surface area contributed by atoms with Gasteiger partial charge in [0.1, 0.15) is 0 Å². The van der Waals surface area contributed by atoms with Crippen LogP contribution in [0.25, 0.3) is 0 Å². The Kier molecular flexibility index (Phi) is 2.65. The van der Waals surface area contributed by atoms with Crippen molar-refractivity contribution in [1.29, 1.82) is 0 Å². The maximum atomic E-state index is 12.7. The quantitative estimate of drug-likeness (QED) is 0.743. The molecule has 1 aliphatic heterocycles. The minimum Gasteiger partial charge on any atom is -0.273 e. The van der Waals surface area contributed by atoms with E-state index in [1.165, 1.54) is 25.2 Å². The number of halogens is 3. The number of alkyl halides is 3. The van der Waals surface area contributed by atoms with Crippen LogP contribution < -0.4 is 0 Å². The van der Waals surface area contributed by atoms with Crippen molar-refractivity contribution in [2.45, 2.75) is 12.6 Å². The van der Waals surface area contributed by atoms with Crippen molar-refractivity contribution in [3.8, 4) is 0 Å². The second kappa shape index (κ2) is 3.87. The standard InChI is InChI=1S/C11H9F3N2O/c1-16-10(17)6-9(15-16)7-4-2-3-5-8(7)11(12,13)14/h2-5H,6H2,1H3. The summed E-state index contributed by atoms with van der Waals surface area (Å²) in [6.07, 6.45) is -4.53. The predicted octanol–water partition coefficient (Wildman–Crippen LogP) is 2.27. The van der Waals surface area contributed by atoms with Crippen molar-refractivity contribution in [2.24, 2.45) is 5.10 Å². The van der Waals surface area contributed by atoms with Gasteiger partial charge in [0.25, 0.3) is 0 Å². The van der Waals surface area contributed by atoms with Crippen molar-refractivity contribution in [2.75, 3.05) is 7.05 Å². The van der Waals surface area contributed by atoms with Crippen molar-refractivity contribution in [3.63, 3.8) is 0 Å². The molecule has 2 rings (SSSR count). The van der Waals surface area contributed by atoms with Crippen LogP contribution in [0.5, 0.6) is 0 Å². The van der Waals surface area contributed by atoms with Crippen molar-refractivity contribution < 1.29 is 18.0 Å². The molecule has 1 aromatic rings. The van der Waals surface area contributed by atoms with Gasteiger partial charge < -0.3 is 0 Å². The van der Waals surface area contributed by atoms with Gasteiger partial charge in [-0.1, -0.05) is 18.2 Å². The highest BCUT2D eigenvalue weighted by molar-refractivity contribution is 6.14. The lowest BCUT2D eigenvalue weighted by molar-refractivity contribution is -0.137. The van der Waals surface area contributed by atoms with Crippen LogP contribution >= 0.6 is 0 Å². The van der Waals surface area contributed by atoms with Crippen LogP contribution in [-0.4, -0.2) is 23.7 Å². The molecule has 0 unspecified atom stereocenters. The molecular weight excluding hydrogens is 233 g/mol. The fourth-order valence-corrected chi connectivity index (χ4v) is 1.66. The van der Waals surface area contributed by atoms with Gasteiger partial charge in [0, 0.05) is 12.6 Å². The first-order valence-corrected chi connectivity index (χ1v) is 4.90. The molecule has 0 saturated carbocycles. The third-order valence-electron chi connectivity index (χ3n) is 2.49. The minimum atomic E-state index is -4.44. The Morgan fingerprint density at radius 2 is 1.94 bits per heavy atom. The van der Waals surface area contributed by atoms with Crippen LogP contribution in [0.4, 0.5) is 13.2 Å². The molecule has 1 heterocycles. The summed E-state index contributed by atoms with van der Waals surface area (Å²) in [7, 11) is 1.42. The zero-order valence-electron chi connectivity index (χ0n) is 8.95. The Labute approximate surface area is 95.5 Å². The molecular formula is C11H9F3N2O. The number of carbonyl (C=O) groups is 1. The maximum Gasteiger partial charge on any atom is 0.417 e. The molecule has 3 nitrogen and oxygen atoms in total. The van der Waals surface area contributed by atoms with E-state index in [-0.39, 0.29) is 23.6 Å². The van der Waals surface area contributed by atoms with E-state index in [0.29, 0.717) is 0 Å². The molecule has 1 aliphatic rings. The van der Waals surface area contributed by atoms with Crippen LogP contribution in [0, 0.1) is 0 Å². The number of hydrazone groups is 1. The van der Waals surface area contributed by atoms with E-state index in [4.69, 9.17) is 0 Å². The summed E-state index contributed by atoms with van der Waals surface area (Å²) in [5.74, 6) is -0.308. The number of rotatable bonds is 1. The molecule has 0 bridgehead atoms. The van der Waals surface area contributed by atoms with Gasteiger partial charge in [-0.15, -0.1) is 0 Å². The molecule has 1 aromatic carbocycles. The topological polar surface area (TPSA) is 32.7 Å². The van der Waals surface area contributed by atoms with Gasteiger partial charge in [-0.05, 0) is 6.07 Å². The smallest absolute Gasteiger partial charge is 0.273 e. The van der Waals surface area contributed by atoms with Crippen molar-refractivity contribution in [1.82, 2.24) is 5.01 Å². The average molecular weight is 242 g/mol. The van der Waals surface area contributed by atoms with Gasteiger partial charge in [0.05, 0.1) is 17.7 Å². The zero-order chi connectivity index (χ0) is 12.6. The van der Waals surface area contributed by atoms with Gasteiger partial charge in [0.15, 0.2) is 0 Å². The SMILES string of the molecule is CN1N=C(c2ccccc2C(F)(F)F)CC1=O. The Bertz CT molecular complexity index is 494. The number of hydrogen-bond acceptors (Lipinski definition) is 2. The third-order valence-corrected chi connectivity index (χ3v) is 2.49. The van der Waals surface area contributed by atoms with Crippen LogP contribution in [0.1, 0.15) is 17.5 Å². The molecule has 1 amide bonds. The van der Waals surface area contributed by atoms with E-state index in [9.17, 15) is 18.0 Å². The average Bonchev–Trinajstić information content (AvgIpc) is 2.58. The zero-order valence-corrected chi connectivity index (χ0v) is 8.95. The second-order valence-corrected chi connectivity index (χ2v) is 3.68. The predicted molar refractivity (Wildman–Crippen MR) is 55.4 cm³/mol. The lowest BCUT2D eigenvalue weighted by Crippen LogP contribution is -2.14. The molecule has 0 aliphatic carbocycles. The van der Waals surface area contributed by atoms with Crippen LogP contribution in [0.15, 0.2) is 29.4 Å². The molecule has 0 fully saturated rings. The van der Waals surface area contributed by atoms with Gasteiger partial charge in [-0.25, -0.2) is 5.01 Å². The minimum absolute atomic E-state index is 0.0299. The monoisotopic (exact) mass is 242 g/mol. The Hall–Kier alpha value is -1.85. The molecule has 0 saturated heterocycles. The third kappa shape index (κ3) is 2.15. The summed E-state index contributed by atoms with van der Waals surface area (Å²) in [6, 6.07) is 5.12. The number of hydrogen-bond donors (Lipinski definition) is 0. The van der Waals surface area contributed by atoms with Crippen molar-refractivity contribution in [3.05, 3.63) is 35.4 Å². The first-order chi connectivity index (χ1) is 7.89. The number of amides is 1. The highest BCUT2D eigenvalue weighted by atomic mass is 19.4. The Morgan fingerprint density at radius 1 is 1.29 bits per heavy atom. The molecule has 17 heavy (non-hydrogen) atoms. The molecule has 0 atom stereocenters. The van der Waals surface area contributed by atoms with E-state index in [0.717, 1.165) is 11.1 Å². The van der Waals surface area contributed by atoms with E-state index >= 15 is 0 Å². The summed E-state index contributed by atoms with van der Waals surface area (Å²) >= 11 is 0. The Balaban J connectivity index is 2.47. The summed E-state index contributed by atoms with van der Waals surface area (Å²) in [6.45, 7) is 0. The molecule has 0 radical (unpaired) electrons. The van der Waals surface area contributed by atoms with Crippen molar-refractivity contribution >= 4 is 11.6 Å². The lowest BCUT2D eigenvalue weighted by Gasteiger charge is -2.11. The molecule has 0 spiro atoms. The van der Waals surface area contributed by atoms with E-state index in [1.54, 1.807) is 0 Å². The fraction of sp³-hybridized carbons (Fsp3) is 0.273. The molecule has 0 aromatic heterocycles. The summed E-state index contributed by atoms with van der Waals surface area (Å²) < 4.78 is 38.2. The van der Waals surface area contributed by atoms with Gasteiger partial charge in [-0.2, -0.15) is 18.3 Å².